The Morgan fingerprint density at radius 3 is 2.88 bits per heavy atom. The summed E-state index contributed by atoms with van der Waals surface area (Å²) in [5.74, 6) is 0.778. The number of carbonyl (C=O) groups is 1. The highest BCUT2D eigenvalue weighted by molar-refractivity contribution is 6.06. The predicted octanol–water partition coefficient (Wildman–Crippen LogP) is 1.69. The van der Waals surface area contributed by atoms with E-state index in [1.807, 2.05) is 12.1 Å². The first kappa shape index (κ1) is 14.2. The van der Waals surface area contributed by atoms with Gasteiger partial charge in [-0.15, -0.1) is 5.10 Å². The molecule has 0 saturated heterocycles. The lowest BCUT2D eigenvalue weighted by Crippen LogP contribution is -2.20. The molecule has 24 heavy (non-hydrogen) atoms. The van der Waals surface area contributed by atoms with Crippen LogP contribution < -0.4 is 14.8 Å². The lowest BCUT2D eigenvalue weighted by atomic mass is 10.1. The summed E-state index contributed by atoms with van der Waals surface area (Å²) >= 11 is 0. The van der Waals surface area contributed by atoms with Crippen molar-refractivity contribution in [3.63, 3.8) is 0 Å². The van der Waals surface area contributed by atoms with Crippen molar-refractivity contribution in [3.05, 3.63) is 54.4 Å². The molecule has 120 valence electrons. The Morgan fingerprint density at radius 2 is 2.00 bits per heavy atom. The number of fused-ring (bicyclic) bond motifs is 1. The third-order valence-corrected chi connectivity index (χ3v) is 3.53. The summed E-state index contributed by atoms with van der Waals surface area (Å²) in [5.41, 5.74) is 1.80. The maximum absolute atomic E-state index is 12.6. The third-order valence-electron chi connectivity index (χ3n) is 3.53. The molecular formula is C16H13N5O3. The molecule has 0 atom stereocenters. The highest BCUT2D eigenvalue weighted by Gasteiger charge is 2.20. The van der Waals surface area contributed by atoms with Crippen LogP contribution in [0.15, 0.2) is 48.8 Å². The molecule has 8 nitrogen and oxygen atoms in total. The number of nitrogens with one attached hydrogen (secondary N) is 1. The molecule has 4 rings (SSSR count). The van der Waals surface area contributed by atoms with Crippen molar-refractivity contribution in [1.82, 2.24) is 20.2 Å². The molecule has 0 unspecified atom stereocenters. The molecule has 1 N–H and O–H groups in total. The Kier molecular flexibility index (Phi) is 3.54. The molecule has 2 heterocycles. The maximum atomic E-state index is 12.6. The number of aromatic nitrogens is 4. The number of tetrazole rings is 1. The van der Waals surface area contributed by atoms with Gasteiger partial charge in [0, 0.05) is 5.69 Å². The fourth-order valence-corrected chi connectivity index (χ4v) is 2.46. The van der Waals surface area contributed by atoms with Crippen molar-refractivity contribution >= 4 is 11.6 Å². The van der Waals surface area contributed by atoms with Crippen molar-refractivity contribution in [2.24, 2.45) is 0 Å². The van der Waals surface area contributed by atoms with Crippen LogP contribution in [0.25, 0.3) is 5.69 Å². The molecule has 8 heteroatoms. The van der Waals surface area contributed by atoms with Gasteiger partial charge in [0.15, 0.2) is 11.5 Å². The van der Waals surface area contributed by atoms with Gasteiger partial charge in [-0.2, -0.15) is 0 Å². The van der Waals surface area contributed by atoms with Gasteiger partial charge in [-0.1, -0.05) is 12.1 Å². The van der Waals surface area contributed by atoms with E-state index in [0.29, 0.717) is 36.0 Å². The minimum Gasteiger partial charge on any atom is -0.486 e. The number of nitrogens with zero attached hydrogens (tertiary/aromatic N) is 4. The molecule has 3 aromatic rings. The summed E-state index contributed by atoms with van der Waals surface area (Å²) in [4.78, 5) is 12.6. The third kappa shape index (κ3) is 2.65. The molecule has 0 radical (unpaired) electrons. The van der Waals surface area contributed by atoms with E-state index in [-0.39, 0.29) is 5.91 Å². The largest absolute Gasteiger partial charge is 0.486 e. The van der Waals surface area contributed by atoms with Crippen LogP contribution in [0, 0.1) is 0 Å². The van der Waals surface area contributed by atoms with Crippen LogP contribution in [-0.2, 0) is 0 Å². The molecule has 2 aromatic carbocycles. The number of hydrogen-bond acceptors (Lipinski definition) is 6. The van der Waals surface area contributed by atoms with Gasteiger partial charge in [0.2, 0.25) is 0 Å². The van der Waals surface area contributed by atoms with Gasteiger partial charge in [0.1, 0.15) is 19.5 Å². The topological polar surface area (TPSA) is 91.2 Å². The Labute approximate surface area is 137 Å². The first-order chi connectivity index (χ1) is 11.8. The SMILES string of the molecule is O=C(Nc1cccc(-n2cnnn2)c1)c1cccc2c1OCCO2. The summed E-state index contributed by atoms with van der Waals surface area (Å²) in [6.07, 6.45) is 1.49. The standard InChI is InChI=1S/C16H13N5O3/c22-16(13-5-2-6-14-15(13)24-8-7-23-14)18-11-3-1-4-12(9-11)21-10-17-19-20-21/h1-6,9-10H,7-8H2,(H,18,22). The second-order valence-corrected chi connectivity index (χ2v) is 5.09. The van der Waals surface area contributed by atoms with E-state index in [9.17, 15) is 4.79 Å². The van der Waals surface area contributed by atoms with Crippen molar-refractivity contribution < 1.29 is 14.3 Å². The zero-order valence-corrected chi connectivity index (χ0v) is 12.5. The number of hydrogen-bond donors (Lipinski definition) is 1. The smallest absolute Gasteiger partial charge is 0.259 e. The summed E-state index contributed by atoms with van der Waals surface area (Å²) < 4.78 is 12.6. The van der Waals surface area contributed by atoms with Crippen molar-refractivity contribution in [1.29, 1.82) is 0 Å². The Bertz CT molecular complexity index is 879. The van der Waals surface area contributed by atoms with E-state index >= 15 is 0 Å². The van der Waals surface area contributed by atoms with Crippen LogP contribution in [0.1, 0.15) is 10.4 Å². The van der Waals surface area contributed by atoms with Gasteiger partial charge in [0.05, 0.1) is 11.3 Å². The fourth-order valence-electron chi connectivity index (χ4n) is 2.46. The summed E-state index contributed by atoms with van der Waals surface area (Å²) in [7, 11) is 0. The molecule has 0 saturated carbocycles. The quantitative estimate of drug-likeness (QED) is 0.788. The van der Waals surface area contributed by atoms with Gasteiger partial charge < -0.3 is 14.8 Å². The van der Waals surface area contributed by atoms with E-state index in [1.165, 1.54) is 11.0 Å². The van der Waals surface area contributed by atoms with Crippen LogP contribution in [0.4, 0.5) is 5.69 Å². The number of amides is 1. The van der Waals surface area contributed by atoms with Crippen molar-refractivity contribution in [2.75, 3.05) is 18.5 Å². The van der Waals surface area contributed by atoms with Crippen molar-refractivity contribution in [3.8, 4) is 17.2 Å². The normalized spacial score (nSPS) is 12.7. The second kappa shape index (κ2) is 5.99. The van der Waals surface area contributed by atoms with E-state index in [2.05, 4.69) is 20.8 Å². The number of rotatable bonds is 3. The first-order valence-electron chi connectivity index (χ1n) is 7.35. The fraction of sp³-hybridized carbons (Fsp3) is 0.125. The monoisotopic (exact) mass is 323 g/mol. The minimum absolute atomic E-state index is 0.272. The Balaban J connectivity index is 1.60. The first-order valence-corrected chi connectivity index (χ1v) is 7.35. The zero-order chi connectivity index (χ0) is 16.4. The molecule has 1 aliphatic heterocycles. The molecule has 0 bridgehead atoms. The Hall–Kier alpha value is -3.42. The average molecular weight is 323 g/mol. The highest BCUT2D eigenvalue weighted by Crippen LogP contribution is 2.34. The lowest BCUT2D eigenvalue weighted by Gasteiger charge is -2.20. The maximum Gasteiger partial charge on any atom is 0.259 e. The molecule has 0 aliphatic carbocycles. The number of carbonyl (C=O) groups excluding carboxylic acids is 1. The van der Waals surface area contributed by atoms with Crippen LogP contribution >= 0.6 is 0 Å². The highest BCUT2D eigenvalue weighted by atomic mass is 16.6. The molecule has 1 amide bonds. The zero-order valence-electron chi connectivity index (χ0n) is 12.5. The van der Waals surface area contributed by atoms with E-state index < -0.39 is 0 Å². The van der Waals surface area contributed by atoms with E-state index in [4.69, 9.17) is 9.47 Å². The van der Waals surface area contributed by atoms with Crippen LogP contribution in [0.5, 0.6) is 11.5 Å². The number of benzene rings is 2. The molecule has 0 fully saturated rings. The summed E-state index contributed by atoms with van der Waals surface area (Å²) in [6, 6.07) is 12.5. The van der Waals surface area contributed by atoms with Crippen molar-refractivity contribution in [2.45, 2.75) is 0 Å². The van der Waals surface area contributed by atoms with Gasteiger partial charge in [-0.25, -0.2) is 4.68 Å². The van der Waals surface area contributed by atoms with Gasteiger partial charge in [-0.05, 0) is 40.8 Å². The predicted molar refractivity (Wildman–Crippen MR) is 84.5 cm³/mol. The number of ether oxygens (including phenoxy) is 2. The molecule has 1 aromatic heterocycles. The van der Waals surface area contributed by atoms with Crippen LogP contribution in [0.3, 0.4) is 0 Å². The molecule has 1 aliphatic rings. The molecule has 0 spiro atoms. The minimum atomic E-state index is -0.272. The van der Waals surface area contributed by atoms with Gasteiger partial charge >= 0.3 is 0 Å². The second-order valence-electron chi connectivity index (χ2n) is 5.09. The van der Waals surface area contributed by atoms with Crippen LogP contribution in [-0.4, -0.2) is 39.3 Å². The van der Waals surface area contributed by atoms with E-state index in [0.717, 1.165) is 5.69 Å². The lowest BCUT2D eigenvalue weighted by molar-refractivity contribution is 0.101. The summed E-state index contributed by atoms with van der Waals surface area (Å²) in [6.45, 7) is 0.901. The van der Waals surface area contributed by atoms with Crippen LogP contribution in [0.2, 0.25) is 0 Å². The van der Waals surface area contributed by atoms with Gasteiger partial charge in [0.25, 0.3) is 5.91 Å². The number of para-hydroxylation sites is 1. The summed E-state index contributed by atoms with van der Waals surface area (Å²) in [5, 5.41) is 13.9. The van der Waals surface area contributed by atoms with E-state index in [1.54, 1.807) is 30.3 Å². The van der Waals surface area contributed by atoms with Gasteiger partial charge in [-0.3, -0.25) is 4.79 Å². The average Bonchev–Trinajstić information content (AvgIpc) is 3.16. The Morgan fingerprint density at radius 1 is 1.12 bits per heavy atom. The number of anilines is 1. The molecular weight excluding hydrogens is 310 g/mol.